The van der Waals surface area contributed by atoms with Gasteiger partial charge in [0.15, 0.2) is 0 Å². The first kappa shape index (κ1) is 18.3. The Morgan fingerprint density at radius 2 is 1.65 bits per heavy atom. The lowest BCUT2D eigenvalue weighted by atomic mass is 9.98. The Morgan fingerprint density at radius 1 is 1.04 bits per heavy atom. The van der Waals surface area contributed by atoms with Crippen LogP contribution in [0.3, 0.4) is 0 Å². The molecule has 0 saturated heterocycles. The standard InChI is InChI=1S/C18H16F3NO3S/c1-25-16-9-7-14(8-10-16)17-11-15(13-5-3-2-4-6-13)12-22(17)26(23,24)18(19,20)21/h2-10,12,17H,11H2,1H3/t17-/m1/s1. The fraction of sp³-hybridized carbons (Fsp3) is 0.222. The molecule has 0 spiro atoms. The molecule has 2 aromatic rings. The van der Waals surface area contributed by atoms with Gasteiger partial charge in [-0.2, -0.15) is 21.6 Å². The highest BCUT2D eigenvalue weighted by atomic mass is 32.2. The van der Waals surface area contributed by atoms with Crippen LogP contribution in [0, 0.1) is 0 Å². The zero-order valence-electron chi connectivity index (χ0n) is 13.8. The molecule has 1 heterocycles. The van der Waals surface area contributed by atoms with Crippen LogP contribution in [0.4, 0.5) is 13.2 Å². The van der Waals surface area contributed by atoms with E-state index in [9.17, 15) is 21.6 Å². The average molecular weight is 383 g/mol. The minimum absolute atomic E-state index is 0.144. The average Bonchev–Trinajstić information content (AvgIpc) is 3.08. The molecule has 138 valence electrons. The van der Waals surface area contributed by atoms with Crippen molar-refractivity contribution >= 4 is 15.6 Å². The fourth-order valence-corrected chi connectivity index (χ4v) is 3.92. The molecule has 0 saturated carbocycles. The second kappa shape index (κ2) is 6.68. The molecule has 0 bridgehead atoms. The first-order valence-corrected chi connectivity index (χ1v) is 9.18. The van der Waals surface area contributed by atoms with E-state index in [0.29, 0.717) is 26.8 Å². The molecule has 0 aromatic heterocycles. The molecule has 0 amide bonds. The molecule has 2 aromatic carbocycles. The van der Waals surface area contributed by atoms with Crippen LogP contribution in [0.15, 0.2) is 60.8 Å². The molecule has 1 atom stereocenters. The van der Waals surface area contributed by atoms with E-state index in [1.54, 1.807) is 54.6 Å². The summed E-state index contributed by atoms with van der Waals surface area (Å²) >= 11 is 0. The number of methoxy groups -OCH3 is 1. The topological polar surface area (TPSA) is 46.6 Å². The predicted octanol–water partition coefficient (Wildman–Crippen LogP) is 4.33. The van der Waals surface area contributed by atoms with E-state index in [-0.39, 0.29) is 6.42 Å². The summed E-state index contributed by atoms with van der Waals surface area (Å²) in [5.41, 5.74) is -3.70. The summed E-state index contributed by atoms with van der Waals surface area (Å²) in [6.45, 7) is 0. The highest BCUT2D eigenvalue weighted by Crippen LogP contribution is 2.44. The Balaban J connectivity index is 2.05. The van der Waals surface area contributed by atoms with E-state index < -0.39 is 21.6 Å². The van der Waals surface area contributed by atoms with Crippen molar-refractivity contribution in [1.29, 1.82) is 0 Å². The number of sulfonamides is 1. The first-order valence-electron chi connectivity index (χ1n) is 7.74. The van der Waals surface area contributed by atoms with Gasteiger partial charge in [0.25, 0.3) is 0 Å². The summed E-state index contributed by atoms with van der Waals surface area (Å²) in [5.74, 6) is 0.535. The van der Waals surface area contributed by atoms with Crippen molar-refractivity contribution in [1.82, 2.24) is 4.31 Å². The van der Waals surface area contributed by atoms with Crippen LogP contribution >= 0.6 is 0 Å². The van der Waals surface area contributed by atoms with Crippen LogP contribution < -0.4 is 4.74 Å². The van der Waals surface area contributed by atoms with Crippen molar-refractivity contribution in [3.63, 3.8) is 0 Å². The van der Waals surface area contributed by atoms with Crippen molar-refractivity contribution in [3.8, 4) is 5.75 Å². The van der Waals surface area contributed by atoms with E-state index in [0.717, 1.165) is 6.20 Å². The largest absolute Gasteiger partial charge is 0.516 e. The molecule has 0 fully saturated rings. The number of alkyl halides is 3. The van der Waals surface area contributed by atoms with E-state index in [1.165, 1.54) is 7.11 Å². The maximum absolute atomic E-state index is 13.1. The Morgan fingerprint density at radius 3 is 2.19 bits per heavy atom. The second-order valence-electron chi connectivity index (χ2n) is 5.79. The van der Waals surface area contributed by atoms with Crippen molar-refractivity contribution in [2.24, 2.45) is 0 Å². The van der Waals surface area contributed by atoms with Gasteiger partial charge in [-0.3, -0.25) is 4.31 Å². The number of benzene rings is 2. The van der Waals surface area contributed by atoms with E-state index in [1.807, 2.05) is 0 Å². The van der Waals surface area contributed by atoms with E-state index >= 15 is 0 Å². The summed E-state index contributed by atoms with van der Waals surface area (Å²) in [6, 6.07) is 14.1. The number of halogens is 3. The molecule has 0 radical (unpaired) electrons. The molecule has 1 aliphatic heterocycles. The zero-order chi connectivity index (χ0) is 18.9. The molecule has 26 heavy (non-hydrogen) atoms. The third-order valence-electron chi connectivity index (χ3n) is 4.22. The van der Waals surface area contributed by atoms with Gasteiger partial charge in [0.05, 0.1) is 13.2 Å². The SMILES string of the molecule is COc1ccc([C@H]2CC(c3ccccc3)=CN2S(=O)(=O)C(F)(F)F)cc1. The van der Waals surface area contributed by atoms with E-state index in [2.05, 4.69) is 0 Å². The van der Waals surface area contributed by atoms with Crippen molar-refractivity contribution < 1.29 is 26.3 Å². The Bertz CT molecular complexity index is 907. The quantitative estimate of drug-likeness (QED) is 0.789. The highest BCUT2D eigenvalue weighted by Gasteiger charge is 2.52. The monoisotopic (exact) mass is 383 g/mol. The number of ether oxygens (including phenoxy) is 1. The second-order valence-corrected chi connectivity index (χ2v) is 7.63. The summed E-state index contributed by atoms with van der Waals surface area (Å²) < 4.78 is 69.0. The highest BCUT2D eigenvalue weighted by molar-refractivity contribution is 7.90. The van der Waals surface area contributed by atoms with Crippen LogP contribution in [0.5, 0.6) is 5.75 Å². The lowest BCUT2D eigenvalue weighted by molar-refractivity contribution is -0.0484. The molecular formula is C18H16F3NO3S. The predicted molar refractivity (Wildman–Crippen MR) is 91.6 cm³/mol. The van der Waals surface area contributed by atoms with Gasteiger partial charge in [0.2, 0.25) is 0 Å². The maximum atomic E-state index is 13.1. The third-order valence-corrected chi connectivity index (χ3v) is 5.72. The van der Waals surface area contributed by atoms with Crippen LogP contribution in [0.25, 0.3) is 5.57 Å². The number of hydrogen-bond acceptors (Lipinski definition) is 3. The lowest BCUT2D eigenvalue weighted by Crippen LogP contribution is -2.37. The van der Waals surface area contributed by atoms with Gasteiger partial charge in [-0.15, -0.1) is 0 Å². The van der Waals surface area contributed by atoms with Gasteiger partial charge in [0.1, 0.15) is 5.75 Å². The molecular weight excluding hydrogens is 367 g/mol. The summed E-state index contributed by atoms with van der Waals surface area (Å²) in [6.07, 6.45) is 1.22. The van der Waals surface area contributed by atoms with Crippen LogP contribution in [0.1, 0.15) is 23.6 Å². The Hall–Kier alpha value is -2.48. The molecule has 8 heteroatoms. The van der Waals surface area contributed by atoms with Crippen molar-refractivity contribution in [2.75, 3.05) is 7.11 Å². The van der Waals surface area contributed by atoms with Crippen molar-refractivity contribution in [3.05, 3.63) is 71.9 Å². The van der Waals surface area contributed by atoms with Crippen LogP contribution in [0.2, 0.25) is 0 Å². The Labute approximate surface area is 149 Å². The maximum Gasteiger partial charge on any atom is 0.516 e. The molecule has 0 unspecified atom stereocenters. The van der Waals surface area contributed by atoms with Gasteiger partial charge < -0.3 is 4.74 Å². The van der Waals surface area contributed by atoms with E-state index in [4.69, 9.17) is 4.74 Å². The van der Waals surface area contributed by atoms with Gasteiger partial charge >= 0.3 is 15.5 Å². The normalized spacial score (nSPS) is 17.9. The minimum Gasteiger partial charge on any atom is -0.497 e. The molecule has 0 aliphatic carbocycles. The van der Waals surface area contributed by atoms with Crippen LogP contribution in [-0.4, -0.2) is 25.3 Å². The first-order chi connectivity index (χ1) is 12.2. The molecule has 4 nitrogen and oxygen atoms in total. The molecule has 0 N–H and O–H groups in total. The molecule has 1 aliphatic rings. The summed E-state index contributed by atoms with van der Waals surface area (Å²) in [5, 5.41) is 0. The van der Waals surface area contributed by atoms with Gasteiger partial charge in [0, 0.05) is 12.6 Å². The fourth-order valence-electron chi connectivity index (χ4n) is 2.89. The smallest absolute Gasteiger partial charge is 0.497 e. The number of rotatable bonds is 4. The lowest BCUT2D eigenvalue weighted by Gasteiger charge is -2.26. The van der Waals surface area contributed by atoms with Gasteiger partial charge in [-0.05, 0) is 28.8 Å². The number of nitrogens with zero attached hydrogens (tertiary/aromatic N) is 1. The van der Waals surface area contributed by atoms with Gasteiger partial charge in [-0.25, -0.2) is 0 Å². The van der Waals surface area contributed by atoms with Crippen LogP contribution in [-0.2, 0) is 10.0 Å². The molecule has 3 rings (SSSR count). The van der Waals surface area contributed by atoms with Crippen molar-refractivity contribution in [2.45, 2.75) is 18.0 Å². The zero-order valence-corrected chi connectivity index (χ0v) is 14.6. The summed E-state index contributed by atoms with van der Waals surface area (Å²) in [7, 11) is -4.03. The Kier molecular flexibility index (Phi) is 4.70. The summed E-state index contributed by atoms with van der Waals surface area (Å²) in [4.78, 5) is 0. The minimum atomic E-state index is -5.50. The third kappa shape index (κ3) is 3.29. The number of hydrogen-bond donors (Lipinski definition) is 0. The van der Waals surface area contributed by atoms with Gasteiger partial charge in [-0.1, -0.05) is 42.5 Å².